The van der Waals surface area contributed by atoms with Crippen molar-refractivity contribution >= 4 is 43.6 Å². The van der Waals surface area contributed by atoms with Crippen LogP contribution in [0, 0.1) is 45.3 Å². The van der Waals surface area contributed by atoms with E-state index in [0.717, 1.165) is 17.7 Å². The van der Waals surface area contributed by atoms with E-state index in [1.165, 1.54) is 0 Å². The highest BCUT2D eigenvalue weighted by molar-refractivity contribution is 6.12. The summed E-state index contributed by atoms with van der Waals surface area (Å²) < 4.78 is 49.4. The molecular weight excluding hydrogens is 708 g/mol. The molecule has 0 atom stereocenters. The molecule has 0 fully saturated rings. The molecule has 0 amide bonds. The smallest absolute Gasteiger partial charge is 0.308 e. The third kappa shape index (κ3) is 5.30. The van der Waals surface area contributed by atoms with Crippen molar-refractivity contribution in [1.82, 2.24) is 14.1 Å². The van der Waals surface area contributed by atoms with Gasteiger partial charge in [-0.2, -0.15) is 34.2 Å². The lowest BCUT2D eigenvalue weighted by molar-refractivity contribution is -0.137. The van der Waals surface area contributed by atoms with E-state index in [4.69, 9.17) is 4.98 Å². The molecule has 10 heteroatoms. The summed E-state index contributed by atoms with van der Waals surface area (Å²) in [6.07, 6.45) is -4.80. The van der Waals surface area contributed by atoms with Gasteiger partial charge in [-0.15, -0.1) is 0 Å². The highest BCUT2D eigenvalue weighted by atomic mass is 19.4. The molecule has 0 saturated carbocycles. The number of hydrogen-bond donors (Lipinski definition) is 0. The Morgan fingerprint density at radius 3 is 1.21 bits per heavy atom. The second-order valence-electron chi connectivity index (χ2n) is 13.2. The quantitative estimate of drug-likeness (QED) is 0.179. The minimum atomic E-state index is -4.80. The summed E-state index contributed by atoms with van der Waals surface area (Å²) >= 11 is 0. The number of nitrogens with zero attached hydrogens (tertiary/aromatic N) is 7. The average molecular weight is 730 g/mol. The zero-order chi connectivity index (χ0) is 38.7. The molecular formula is C46H22F3N7. The van der Waals surface area contributed by atoms with Crippen LogP contribution in [0.2, 0.25) is 0 Å². The van der Waals surface area contributed by atoms with Crippen LogP contribution < -0.4 is 0 Å². The molecule has 9 aromatic rings. The molecule has 3 aromatic heterocycles. The Bertz CT molecular complexity index is 2980. The van der Waals surface area contributed by atoms with Gasteiger partial charge >= 0.3 is 6.18 Å². The van der Waals surface area contributed by atoms with E-state index in [1.807, 2.05) is 42.5 Å². The molecule has 0 unspecified atom stereocenters. The summed E-state index contributed by atoms with van der Waals surface area (Å²) in [5, 5.41) is 41.7. The van der Waals surface area contributed by atoms with E-state index in [0.29, 0.717) is 82.8 Å². The van der Waals surface area contributed by atoms with E-state index in [2.05, 4.69) is 24.3 Å². The van der Waals surface area contributed by atoms with Gasteiger partial charge in [0.2, 0.25) is 0 Å². The maximum Gasteiger partial charge on any atom is 0.416 e. The van der Waals surface area contributed by atoms with Crippen LogP contribution in [0.1, 0.15) is 27.8 Å². The molecule has 7 nitrogen and oxygen atoms in total. The molecule has 0 aliphatic rings. The maximum absolute atomic E-state index is 15.3. The van der Waals surface area contributed by atoms with Crippen LogP contribution in [-0.4, -0.2) is 14.1 Å². The predicted octanol–water partition coefficient (Wildman–Crippen LogP) is 11.1. The van der Waals surface area contributed by atoms with Crippen molar-refractivity contribution in [2.45, 2.75) is 6.18 Å². The number of pyridine rings is 1. The Hall–Kier alpha value is -8.18. The van der Waals surface area contributed by atoms with Gasteiger partial charge in [0, 0.05) is 32.7 Å². The molecule has 3 heterocycles. The van der Waals surface area contributed by atoms with Crippen molar-refractivity contribution in [3.8, 4) is 58.2 Å². The number of benzene rings is 6. The number of aromatic nitrogens is 3. The lowest BCUT2D eigenvalue weighted by atomic mass is 10.00. The Balaban J connectivity index is 1.51. The Labute approximate surface area is 316 Å². The van der Waals surface area contributed by atoms with Gasteiger partial charge in [-0.25, -0.2) is 4.98 Å². The van der Waals surface area contributed by atoms with Crippen molar-refractivity contribution < 1.29 is 13.2 Å². The van der Waals surface area contributed by atoms with Gasteiger partial charge in [0.15, 0.2) is 0 Å². The number of halogens is 3. The van der Waals surface area contributed by atoms with Gasteiger partial charge < -0.3 is 9.13 Å². The first-order valence-corrected chi connectivity index (χ1v) is 17.3. The van der Waals surface area contributed by atoms with E-state index >= 15 is 13.2 Å². The molecule has 0 saturated heterocycles. The standard InChI is InChI=1S/C46H22F3N7/c47-46(48,49)32-21-43(55-39-13-9-27(23-50)17-33(39)34-18-28(24-51)10-14-40(34)55)45(38-8-4-7-37(54-38)31-5-2-1-3-6-31)44(22-32)56-41-15-11-29(25-52)19-35(41)36-20-30(26-53)12-16-42(36)56/h1-22H. The van der Waals surface area contributed by atoms with Crippen LogP contribution in [0.15, 0.2) is 133 Å². The summed E-state index contributed by atoms with van der Waals surface area (Å²) in [5.41, 5.74) is 4.95. The van der Waals surface area contributed by atoms with Crippen LogP contribution in [-0.2, 0) is 6.18 Å². The summed E-state index contributed by atoms with van der Waals surface area (Å²) in [6, 6.07) is 45.6. The van der Waals surface area contributed by atoms with Gasteiger partial charge in [0.1, 0.15) is 0 Å². The second-order valence-corrected chi connectivity index (χ2v) is 13.2. The topological polar surface area (TPSA) is 118 Å². The third-order valence-electron chi connectivity index (χ3n) is 10.0. The van der Waals surface area contributed by atoms with E-state index in [-0.39, 0.29) is 11.4 Å². The van der Waals surface area contributed by atoms with Crippen LogP contribution in [0.3, 0.4) is 0 Å². The summed E-state index contributed by atoms with van der Waals surface area (Å²) in [5.74, 6) is 0. The fourth-order valence-electron chi connectivity index (χ4n) is 7.58. The highest BCUT2D eigenvalue weighted by Gasteiger charge is 2.34. The van der Waals surface area contributed by atoms with Crippen molar-refractivity contribution in [3.05, 3.63) is 161 Å². The minimum Gasteiger partial charge on any atom is -0.308 e. The van der Waals surface area contributed by atoms with Crippen molar-refractivity contribution in [1.29, 1.82) is 21.0 Å². The van der Waals surface area contributed by atoms with Gasteiger partial charge in [-0.05, 0) is 97.1 Å². The fraction of sp³-hybridized carbons (Fsp3) is 0.0217. The van der Waals surface area contributed by atoms with Crippen molar-refractivity contribution in [2.24, 2.45) is 0 Å². The largest absolute Gasteiger partial charge is 0.416 e. The molecule has 0 spiro atoms. The molecule has 6 aromatic carbocycles. The normalized spacial score (nSPS) is 11.4. The summed E-state index contributed by atoms with van der Waals surface area (Å²) in [7, 11) is 0. The van der Waals surface area contributed by atoms with Gasteiger partial charge in [-0.3, -0.25) is 0 Å². The number of hydrogen-bond acceptors (Lipinski definition) is 5. The first-order valence-electron chi connectivity index (χ1n) is 17.3. The molecule has 262 valence electrons. The Morgan fingerprint density at radius 2 is 0.839 bits per heavy atom. The zero-order valence-electron chi connectivity index (χ0n) is 29.0. The molecule has 0 radical (unpaired) electrons. The van der Waals surface area contributed by atoms with Gasteiger partial charge in [-0.1, -0.05) is 36.4 Å². The molecule has 56 heavy (non-hydrogen) atoms. The van der Waals surface area contributed by atoms with E-state index in [9.17, 15) is 21.0 Å². The number of nitriles is 4. The van der Waals surface area contributed by atoms with Gasteiger partial charge in [0.25, 0.3) is 0 Å². The molecule has 0 aliphatic heterocycles. The SMILES string of the molecule is N#Cc1ccc2c(c1)c1cc(C#N)ccc1n2-c1cc(C(F)(F)F)cc(-n2c3ccc(C#N)cc3c3cc(C#N)ccc32)c1-c1cccc(-c2ccccc2)n1. The maximum atomic E-state index is 15.3. The van der Waals surface area contributed by atoms with Crippen molar-refractivity contribution in [2.75, 3.05) is 0 Å². The third-order valence-corrected chi connectivity index (χ3v) is 10.0. The van der Waals surface area contributed by atoms with E-state index < -0.39 is 11.7 Å². The lowest BCUT2D eigenvalue weighted by Gasteiger charge is -2.22. The molecule has 0 N–H and O–H groups in total. The Morgan fingerprint density at radius 1 is 0.446 bits per heavy atom. The van der Waals surface area contributed by atoms with Crippen LogP contribution >= 0.6 is 0 Å². The first kappa shape index (κ1) is 33.6. The monoisotopic (exact) mass is 729 g/mol. The lowest BCUT2D eigenvalue weighted by Crippen LogP contribution is -2.11. The fourth-order valence-corrected chi connectivity index (χ4v) is 7.58. The van der Waals surface area contributed by atoms with E-state index in [1.54, 1.807) is 88.0 Å². The van der Waals surface area contributed by atoms with Crippen LogP contribution in [0.4, 0.5) is 13.2 Å². The molecule has 9 rings (SSSR count). The number of rotatable bonds is 4. The predicted molar refractivity (Wildman–Crippen MR) is 208 cm³/mol. The zero-order valence-corrected chi connectivity index (χ0v) is 29.0. The second kappa shape index (κ2) is 12.7. The van der Waals surface area contributed by atoms with Crippen molar-refractivity contribution in [3.63, 3.8) is 0 Å². The average Bonchev–Trinajstić information content (AvgIpc) is 3.73. The highest BCUT2D eigenvalue weighted by Crippen LogP contribution is 2.45. The van der Waals surface area contributed by atoms with Crippen LogP contribution in [0.25, 0.3) is 77.5 Å². The van der Waals surface area contributed by atoms with Gasteiger partial charge in [0.05, 0.1) is 96.9 Å². The number of alkyl halides is 3. The van der Waals surface area contributed by atoms with Crippen LogP contribution in [0.5, 0.6) is 0 Å². The minimum absolute atomic E-state index is 0.152. The summed E-state index contributed by atoms with van der Waals surface area (Å²) in [6.45, 7) is 0. The number of fused-ring (bicyclic) bond motifs is 6. The first-order chi connectivity index (χ1) is 27.2. The summed E-state index contributed by atoms with van der Waals surface area (Å²) in [4.78, 5) is 5.10. The Kier molecular flexibility index (Phi) is 7.66. The molecule has 0 bridgehead atoms. The molecule has 0 aliphatic carbocycles.